The van der Waals surface area contributed by atoms with Gasteiger partial charge in [0, 0.05) is 32.1 Å². The van der Waals surface area contributed by atoms with Gasteiger partial charge in [-0.05, 0) is 12.8 Å². The van der Waals surface area contributed by atoms with Crippen molar-refractivity contribution in [1.82, 2.24) is 18.8 Å². The number of carbonyl (C=O) groups is 2. The van der Waals surface area contributed by atoms with Gasteiger partial charge in [0.25, 0.3) is 0 Å². The number of hydrogen-bond donors (Lipinski definition) is 2. The second-order valence-corrected chi connectivity index (χ2v) is 8.99. The van der Waals surface area contributed by atoms with Crippen LogP contribution in [0.2, 0.25) is 0 Å². The van der Waals surface area contributed by atoms with Crippen LogP contribution in [0.25, 0.3) is 0 Å². The summed E-state index contributed by atoms with van der Waals surface area (Å²) in [5.74, 6) is -2.67. The van der Waals surface area contributed by atoms with Crippen molar-refractivity contribution in [1.29, 1.82) is 0 Å². The summed E-state index contributed by atoms with van der Waals surface area (Å²) in [6.07, 6.45) is -4.52. The van der Waals surface area contributed by atoms with Gasteiger partial charge in [-0.2, -0.15) is 13.2 Å². The highest BCUT2D eigenvalue weighted by Crippen LogP contribution is 2.34. The van der Waals surface area contributed by atoms with Crippen LogP contribution in [0.15, 0.2) is 0 Å². The third kappa shape index (κ3) is 4.47. The monoisotopic (exact) mass is 439 g/mol. The number of amides is 2. The van der Waals surface area contributed by atoms with Crippen LogP contribution in [-0.2, 0) is 34.1 Å². The van der Waals surface area contributed by atoms with Gasteiger partial charge >= 0.3 is 12.3 Å². The summed E-state index contributed by atoms with van der Waals surface area (Å²) in [4.78, 5) is 28.2. The van der Waals surface area contributed by atoms with Gasteiger partial charge < -0.3 is 19.9 Å². The van der Waals surface area contributed by atoms with Crippen molar-refractivity contribution < 1.29 is 36.3 Å². The number of piperidine rings is 1. The summed E-state index contributed by atoms with van der Waals surface area (Å²) in [5.41, 5.74) is -0.0344. The molecule has 0 bridgehead atoms. The van der Waals surface area contributed by atoms with Gasteiger partial charge in [-0.1, -0.05) is 0 Å². The molecular weight excluding hydrogens is 419 g/mol. The summed E-state index contributed by atoms with van der Waals surface area (Å²) in [7, 11) is -3.37. The Kier molecular flexibility index (Phi) is 5.51. The molecule has 1 aromatic rings. The molecule has 29 heavy (non-hydrogen) atoms. The molecule has 3 rings (SSSR count). The molecule has 10 nitrogen and oxygen atoms in total. The van der Waals surface area contributed by atoms with Crippen molar-refractivity contribution in [2.75, 3.05) is 31.2 Å². The molecule has 2 amide bonds. The quantitative estimate of drug-likeness (QED) is 0.724. The number of nitrogens with one attached hydrogen (secondary N) is 1. The first-order chi connectivity index (χ1) is 13.4. The highest BCUT2D eigenvalue weighted by Gasteiger charge is 2.41. The predicted molar refractivity (Wildman–Crippen MR) is 93.4 cm³/mol. The second-order valence-electron chi connectivity index (χ2n) is 7.01. The van der Waals surface area contributed by atoms with E-state index in [4.69, 9.17) is 5.11 Å². The second kappa shape index (κ2) is 7.48. The number of carbonyl (C=O) groups excluding carboxylic acids is 1. The normalized spacial score (nSPS) is 19.1. The first kappa shape index (κ1) is 21.4. The first-order valence-corrected chi connectivity index (χ1v) is 10.6. The minimum absolute atomic E-state index is 0.0344. The molecule has 1 saturated heterocycles. The molecule has 0 spiro atoms. The van der Waals surface area contributed by atoms with Crippen molar-refractivity contribution in [2.45, 2.75) is 32.1 Å². The highest BCUT2D eigenvalue weighted by molar-refractivity contribution is 7.88. The van der Waals surface area contributed by atoms with Crippen molar-refractivity contribution in [3.8, 4) is 0 Å². The molecule has 2 N–H and O–H groups in total. The summed E-state index contributed by atoms with van der Waals surface area (Å²) in [5, 5.41) is 11.5. The summed E-state index contributed by atoms with van der Waals surface area (Å²) in [6, 6.07) is 0. The number of imidazole rings is 1. The number of nitrogens with zero attached hydrogens (tertiary/aromatic N) is 4. The molecule has 1 fully saturated rings. The van der Waals surface area contributed by atoms with E-state index in [2.05, 4.69) is 10.3 Å². The maximum Gasteiger partial charge on any atom is 0.449 e. The standard InChI is InChI=1S/C15H20F3N5O5S/c1-29(27,28)22-4-2-9(3-5-22)12(24)19-11-10-8-21(14(25)26)6-7-23(10)13(20-11)15(16,17)18/h9H,2-8H2,1H3,(H,19,24)(H,25,26). The number of hydrogen-bond acceptors (Lipinski definition) is 5. The van der Waals surface area contributed by atoms with Crippen LogP contribution in [0.4, 0.5) is 23.8 Å². The van der Waals surface area contributed by atoms with Crippen molar-refractivity contribution in [3.63, 3.8) is 0 Å². The smallest absolute Gasteiger partial charge is 0.449 e. The van der Waals surface area contributed by atoms with E-state index in [0.29, 0.717) is 0 Å². The van der Waals surface area contributed by atoms with Gasteiger partial charge in [0.2, 0.25) is 21.8 Å². The average molecular weight is 439 g/mol. The maximum absolute atomic E-state index is 13.3. The van der Waals surface area contributed by atoms with E-state index < -0.39 is 39.9 Å². The molecule has 0 saturated carbocycles. The third-order valence-corrected chi connectivity index (χ3v) is 6.37. The lowest BCUT2D eigenvalue weighted by molar-refractivity contribution is -0.147. The average Bonchev–Trinajstić information content (AvgIpc) is 2.99. The molecule has 3 heterocycles. The van der Waals surface area contributed by atoms with Gasteiger partial charge in [-0.25, -0.2) is 22.5 Å². The molecule has 2 aliphatic heterocycles. The minimum Gasteiger partial charge on any atom is -0.465 e. The van der Waals surface area contributed by atoms with E-state index in [-0.39, 0.29) is 57.1 Å². The Hall–Kier alpha value is -2.35. The van der Waals surface area contributed by atoms with E-state index in [0.717, 1.165) is 15.7 Å². The van der Waals surface area contributed by atoms with E-state index in [1.807, 2.05) is 0 Å². The zero-order valence-corrected chi connectivity index (χ0v) is 16.3. The fraction of sp³-hybridized carbons (Fsp3) is 0.667. The van der Waals surface area contributed by atoms with Crippen LogP contribution in [0.5, 0.6) is 0 Å². The Morgan fingerprint density at radius 1 is 1.17 bits per heavy atom. The number of fused-ring (bicyclic) bond motifs is 1. The van der Waals surface area contributed by atoms with E-state index in [1.54, 1.807) is 0 Å². The van der Waals surface area contributed by atoms with Crippen LogP contribution >= 0.6 is 0 Å². The lowest BCUT2D eigenvalue weighted by Gasteiger charge is -2.29. The van der Waals surface area contributed by atoms with Crippen LogP contribution in [0.1, 0.15) is 24.4 Å². The number of halogens is 3. The van der Waals surface area contributed by atoms with E-state index >= 15 is 0 Å². The topological polar surface area (TPSA) is 125 Å². The SMILES string of the molecule is CS(=O)(=O)N1CCC(C(=O)Nc2nc(C(F)(F)F)n3c2CN(C(=O)O)CC3)CC1. The number of carboxylic acid groups (broad SMARTS) is 1. The van der Waals surface area contributed by atoms with Gasteiger partial charge in [0.05, 0.1) is 18.5 Å². The van der Waals surface area contributed by atoms with Gasteiger partial charge in [-0.3, -0.25) is 4.79 Å². The maximum atomic E-state index is 13.3. The zero-order chi connectivity index (χ0) is 21.6. The molecule has 0 unspecified atom stereocenters. The number of aromatic nitrogens is 2. The minimum atomic E-state index is -4.76. The Morgan fingerprint density at radius 2 is 1.79 bits per heavy atom. The fourth-order valence-electron chi connectivity index (χ4n) is 3.52. The van der Waals surface area contributed by atoms with Gasteiger partial charge in [0.1, 0.15) is 0 Å². The van der Waals surface area contributed by atoms with Gasteiger partial charge in [0.15, 0.2) is 5.82 Å². The Bertz CT molecular complexity index is 922. The molecule has 2 aliphatic rings. The lowest BCUT2D eigenvalue weighted by Crippen LogP contribution is -2.41. The van der Waals surface area contributed by atoms with Crippen molar-refractivity contribution in [2.24, 2.45) is 5.92 Å². The van der Waals surface area contributed by atoms with Gasteiger partial charge in [-0.15, -0.1) is 0 Å². The number of sulfonamides is 1. The molecule has 0 aliphatic carbocycles. The molecular formula is C15H20F3N5O5S. The molecule has 0 aromatic carbocycles. The number of anilines is 1. The van der Waals surface area contributed by atoms with E-state index in [9.17, 15) is 31.2 Å². The number of alkyl halides is 3. The molecule has 162 valence electrons. The molecule has 14 heteroatoms. The summed E-state index contributed by atoms with van der Waals surface area (Å²) >= 11 is 0. The van der Waals surface area contributed by atoms with Crippen LogP contribution in [-0.4, -0.2) is 70.2 Å². The fourth-order valence-corrected chi connectivity index (χ4v) is 4.39. The van der Waals surface area contributed by atoms with E-state index in [1.165, 1.54) is 4.31 Å². The van der Waals surface area contributed by atoms with Crippen molar-refractivity contribution >= 4 is 27.8 Å². The zero-order valence-electron chi connectivity index (χ0n) is 15.4. The Balaban J connectivity index is 1.80. The molecule has 0 radical (unpaired) electrons. The predicted octanol–water partition coefficient (Wildman–Crippen LogP) is 1.01. The molecule has 0 atom stereocenters. The summed E-state index contributed by atoms with van der Waals surface area (Å²) < 4.78 is 65.1. The van der Waals surface area contributed by atoms with Crippen LogP contribution < -0.4 is 5.32 Å². The Labute approximate surface area is 164 Å². The first-order valence-electron chi connectivity index (χ1n) is 8.78. The molecule has 1 aromatic heterocycles. The highest BCUT2D eigenvalue weighted by atomic mass is 32.2. The number of rotatable bonds is 3. The van der Waals surface area contributed by atoms with Crippen LogP contribution in [0, 0.1) is 5.92 Å². The third-order valence-electron chi connectivity index (χ3n) is 5.07. The lowest BCUT2D eigenvalue weighted by atomic mass is 9.97. The summed E-state index contributed by atoms with van der Waals surface area (Å²) in [6.45, 7) is -0.413. The Morgan fingerprint density at radius 3 is 2.31 bits per heavy atom. The van der Waals surface area contributed by atoms with Crippen molar-refractivity contribution in [3.05, 3.63) is 11.5 Å². The van der Waals surface area contributed by atoms with Crippen LogP contribution in [0.3, 0.4) is 0 Å². The largest absolute Gasteiger partial charge is 0.465 e.